The highest BCUT2D eigenvalue weighted by Crippen LogP contribution is 2.29. The van der Waals surface area contributed by atoms with Crippen molar-refractivity contribution in [2.45, 2.75) is 12.4 Å². The van der Waals surface area contributed by atoms with Crippen molar-refractivity contribution in [3.05, 3.63) is 29.8 Å². The summed E-state index contributed by atoms with van der Waals surface area (Å²) in [6.45, 7) is 0.447. The molecule has 0 saturated carbocycles. The fraction of sp³-hybridized carbons (Fsp3) is 0.500. The van der Waals surface area contributed by atoms with E-state index in [1.807, 2.05) is 0 Å². The van der Waals surface area contributed by atoms with Crippen molar-refractivity contribution in [3.8, 4) is 5.75 Å². The Morgan fingerprint density at radius 2 is 2.00 bits per heavy atom. The van der Waals surface area contributed by atoms with E-state index < -0.39 is 12.4 Å². The number of aliphatic hydroxyl groups excluding tert-OH is 1. The molecule has 0 heterocycles. The number of nitrogens with one attached hydrogen (secondary N) is 1. The minimum atomic E-state index is -4.76. The molecule has 1 rings (SSSR count). The molecule has 0 aliphatic heterocycles. The van der Waals surface area contributed by atoms with Crippen LogP contribution in [0.25, 0.3) is 0 Å². The van der Waals surface area contributed by atoms with Crippen molar-refractivity contribution in [2.24, 2.45) is 0 Å². The lowest BCUT2D eigenvalue weighted by molar-refractivity contribution is -0.275. The number of hydrogen-bond donors (Lipinski definition) is 2. The summed E-state index contributed by atoms with van der Waals surface area (Å²) in [5.41, 5.74) is 0.249. The summed E-state index contributed by atoms with van der Waals surface area (Å²) in [7, 11) is 1.51. The van der Waals surface area contributed by atoms with Gasteiger partial charge in [0.15, 0.2) is 0 Å². The van der Waals surface area contributed by atoms with Gasteiger partial charge < -0.3 is 19.9 Å². The lowest BCUT2D eigenvalue weighted by Gasteiger charge is -2.20. The zero-order valence-electron chi connectivity index (χ0n) is 10.4. The summed E-state index contributed by atoms with van der Waals surface area (Å²) in [5, 5.41) is 12.2. The minimum Gasteiger partial charge on any atom is -0.405 e. The molecule has 4 nitrogen and oxygen atoms in total. The number of aliphatic hydroxyl groups is 1. The Bertz CT molecular complexity index is 385. The summed E-state index contributed by atoms with van der Waals surface area (Å²) in [6, 6.07) is 5.06. The van der Waals surface area contributed by atoms with Crippen LogP contribution in [0.3, 0.4) is 0 Å². The Labute approximate surface area is 109 Å². The molecule has 0 amide bonds. The first-order valence-electron chi connectivity index (χ1n) is 5.65. The molecule has 7 heteroatoms. The van der Waals surface area contributed by atoms with E-state index in [1.54, 1.807) is 6.07 Å². The molecule has 1 aromatic rings. The third kappa shape index (κ3) is 5.46. The second-order valence-electron chi connectivity index (χ2n) is 3.77. The van der Waals surface area contributed by atoms with Crippen molar-refractivity contribution < 1.29 is 27.8 Å². The van der Waals surface area contributed by atoms with Crippen molar-refractivity contribution in [1.82, 2.24) is 5.32 Å². The van der Waals surface area contributed by atoms with E-state index >= 15 is 0 Å². The zero-order valence-corrected chi connectivity index (χ0v) is 10.4. The third-order valence-electron chi connectivity index (χ3n) is 2.40. The topological polar surface area (TPSA) is 50.7 Å². The van der Waals surface area contributed by atoms with Crippen LogP contribution in [0, 0.1) is 0 Å². The van der Waals surface area contributed by atoms with Crippen molar-refractivity contribution >= 4 is 0 Å². The Hall–Kier alpha value is -1.31. The van der Waals surface area contributed by atoms with E-state index in [0.717, 1.165) is 0 Å². The number of halogens is 3. The molecule has 0 bridgehead atoms. The molecule has 0 spiro atoms. The van der Waals surface area contributed by atoms with Crippen LogP contribution < -0.4 is 10.1 Å². The number of alkyl halides is 3. The van der Waals surface area contributed by atoms with Gasteiger partial charge in [-0.1, -0.05) is 18.2 Å². The van der Waals surface area contributed by atoms with Crippen LogP contribution in [0.4, 0.5) is 13.2 Å². The van der Waals surface area contributed by atoms with E-state index in [-0.39, 0.29) is 17.9 Å². The first kappa shape index (κ1) is 15.7. The molecule has 2 N–H and O–H groups in total. The van der Waals surface area contributed by atoms with Gasteiger partial charge in [-0.25, -0.2) is 0 Å². The molecule has 1 unspecified atom stereocenters. The normalized spacial score (nSPS) is 13.3. The predicted octanol–water partition coefficient (Wildman–Crippen LogP) is 1.85. The zero-order chi connectivity index (χ0) is 14.3. The maximum Gasteiger partial charge on any atom is 0.573 e. The first-order chi connectivity index (χ1) is 8.98. The Kier molecular flexibility index (Phi) is 6.07. The smallest absolute Gasteiger partial charge is 0.405 e. The SMILES string of the molecule is COCCNC(CO)c1ccccc1OC(F)(F)F. The number of methoxy groups -OCH3 is 1. The molecule has 0 aromatic heterocycles. The molecule has 0 aliphatic rings. The van der Waals surface area contributed by atoms with Gasteiger partial charge in [0.05, 0.1) is 19.3 Å². The molecule has 1 atom stereocenters. The lowest BCUT2D eigenvalue weighted by Crippen LogP contribution is -2.29. The monoisotopic (exact) mass is 279 g/mol. The van der Waals surface area contributed by atoms with Crippen molar-refractivity contribution in [2.75, 3.05) is 26.9 Å². The summed E-state index contributed by atoms with van der Waals surface area (Å²) in [4.78, 5) is 0. The van der Waals surface area contributed by atoms with E-state index in [0.29, 0.717) is 13.2 Å². The third-order valence-corrected chi connectivity index (χ3v) is 2.40. The van der Waals surface area contributed by atoms with Crippen LogP contribution in [0.5, 0.6) is 5.75 Å². The number of para-hydroxylation sites is 1. The lowest BCUT2D eigenvalue weighted by atomic mass is 10.1. The van der Waals surface area contributed by atoms with Gasteiger partial charge in [0.2, 0.25) is 0 Å². The standard InChI is InChI=1S/C12H16F3NO3/c1-18-7-6-16-10(8-17)9-4-2-3-5-11(9)19-12(13,14)15/h2-5,10,16-17H,6-8H2,1H3. The van der Waals surface area contributed by atoms with Gasteiger partial charge >= 0.3 is 6.36 Å². The molecular formula is C12H16F3NO3. The van der Waals surface area contributed by atoms with Gasteiger partial charge in [-0.05, 0) is 6.07 Å². The van der Waals surface area contributed by atoms with Crippen molar-refractivity contribution in [3.63, 3.8) is 0 Å². The maximum atomic E-state index is 12.3. The molecule has 108 valence electrons. The molecule has 0 radical (unpaired) electrons. The largest absolute Gasteiger partial charge is 0.573 e. The molecule has 19 heavy (non-hydrogen) atoms. The van der Waals surface area contributed by atoms with Crippen LogP contribution in [0.2, 0.25) is 0 Å². The number of benzene rings is 1. The number of ether oxygens (including phenoxy) is 2. The number of hydrogen-bond acceptors (Lipinski definition) is 4. The molecular weight excluding hydrogens is 263 g/mol. The van der Waals surface area contributed by atoms with Crippen LogP contribution in [0.1, 0.15) is 11.6 Å². The second-order valence-corrected chi connectivity index (χ2v) is 3.77. The van der Waals surface area contributed by atoms with Gasteiger partial charge in [0, 0.05) is 19.2 Å². The average Bonchev–Trinajstić information content (AvgIpc) is 2.34. The van der Waals surface area contributed by atoms with E-state index in [9.17, 15) is 18.3 Å². The van der Waals surface area contributed by atoms with Gasteiger partial charge in [-0.3, -0.25) is 0 Å². The van der Waals surface area contributed by atoms with Crippen LogP contribution in [-0.2, 0) is 4.74 Å². The highest BCUT2D eigenvalue weighted by molar-refractivity contribution is 5.36. The van der Waals surface area contributed by atoms with Gasteiger partial charge in [-0.2, -0.15) is 0 Å². The van der Waals surface area contributed by atoms with Crippen LogP contribution in [-0.4, -0.2) is 38.3 Å². The second kappa shape index (κ2) is 7.32. The van der Waals surface area contributed by atoms with E-state index in [2.05, 4.69) is 10.1 Å². The predicted molar refractivity (Wildman–Crippen MR) is 62.8 cm³/mol. The maximum absolute atomic E-state index is 12.3. The molecule has 0 saturated heterocycles. The van der Waals surface area contributed by atoms with E-state index in [4.69, 9.17) is 4.74 Å². The van der Waals surface area contributed by atoms with Gasteiger partial charge in [0.25, 0.3) is 0 Å². The fourth-order valence-corrected chi connectivity index (χ4v) is 1.59. The Morgan fingerprint density at radius 1 is 1.32 bits per heavy atom. The summed E-state index contributed by atoms with van der Waals surface area (Å²) in [5.74, 6) is -0.320. The van der Waals surface area contributed by atoms with Crippen molar-refractivity contribution in [1.29, 1.82) is 0 Å². The molecule has 0 aliphatic carbocycles. The quantitative estimate of drug-likeness (QED) is 0.748. The van der Waals surface area contributed by atoms with Crippen LogP contribution >= 0.6 is 0 Å². The van der Waals surface area contributed by atoms with Crippen LogP contribution in [0.15, 0.2) is 24.3 Å². The molecule has 0 fully saturated rings. The Balaban J connectivity index is 2.84. The van der Waals surface area contributed by atoms with Gasteiger partial charge in [-0.15, -0.1) is 13.2 Å². The van der Waals surface area contributed by atoms with E-state index in [1.165, 1.54) is 25.3 Å². The average molecular weight is 279 g/mol. The first-order valence-corrected chi connectivity index (χ1v) is 5.65. The fourth-order valence-electron chi connectivity index (χ4n) is 1.59. The highest BCUT2D eigenvalue weighted by Gasteiger charge is 2.32. The van der Waals surface area contributed by atoms with Gasteiger partial charge in [0.1, 0.15) is 5.75 Å². The summed E-state index contributed by atoms with van der Waals surface area (Å²) < 4.78 is 45.6. The summed E-state index contributed by atoms with van der Waals surface area (Å²) in [6.07, 6.45) is -4.76. The highest BCUT2D eigenvalue weighted by atomic mass is 19.4. The molecule has 1 aromatic carbocycles. The summed E-state index contributed by atoms with van der Waals surface area (Å²) >= 11 is 0. The minimum absolute atomic E-state index is 0.249. The Morgan fingerprint density at radius 3 is 2.58 bits per heavy atom. The number of rotatable bonds is 7.